The monoisotopic (exact) mass is 264 g/mol. The minimum atomic E-state index is -2.61. The normalized spacial score (nSPS) is 10.5. The fourth-order valence-corrected chi connectivity index (χ4v) is 1.33. The van der Waals surface area contributed by atoms with Crippen molar-refractivity contribution in [2.75, 3.05) is 19.0 Å². The molecule has 0 aliphatic carbocycles. The largest absolute Gasteiger partial charge is 0.335 e. The van der Waals surface area contributed by atoms with E-state index in [-0.39, 0.29) is 16.5 Å². The molecule has 0 aromatic carbocycles. The molecule has 0 fully saturated rings. The first kappa shape index (κ1) is 13.6. The Labute approximate surface area is 102 Å². The summed E-state index contributed by atoms with van der Waals surface area (Å²) in [6, 6.07) is 2.87. The van der Waals surface area contributed by atoms with Crippen molar-refractivity contribution in [3.63, 3.8) is 0 Å². The number of halogens is 3. The number of aromatic nitrogens is 1. The molecule has 1 rings (SSSR count). The SMILES string of the molecule is CN(CC(F)F)C(=O)c1nc(NN)ccc1Cl. The Hall–Kier alpha value is -1.47. The van der Waals surface area contributed by atoms with Gasteiger partial charge in [0.2, 0.25) is 0 Å². The molecule has 0 saturated carbocycles. The second-order valence-electron chi connectivity index (χ2n) is 3.25. The van der Waals surface area contributed by atoms with Gasteiger partial charge < -0.3 is 10.3 Å². The lowest BCUT2D eigenvalue weighted by Gasteiger charge is -2.16. The third kappa shape index (κ3) is 3.50. The second kappa shape index (κ2) is 5.74. The Kier molecular flexibility index (Phi) is 4.59. The van der Waals surface area contributed by atoms with Crippen LogP contribution in [-0.2, 0) is 0 Å². The maximum Gasteiger partial charge on any atom is 0.274 e. The zero-order valence-electron chi connectivity index (χ0n) is 8.95. The molecule has 17 heavy (non-hydrogen) atoms. The van der Waals surface area contributed by atoms with Gasteiger partial charge in [-0.05, 0) is 12.1 Å². The minimum absolute atomic E-state index is 0.0788. The smallest absolute Gasteiger partial charge is 0.274 e. The van der Waals surface area contributed by atoms with Crippen molar-refractivity contribution in [2.24, 2.45) is 5.84 Å². The van der Waals surface area contributed by atoms with E-state index >= 15 is 0 Å². The van der Waals surface area contributed by atoms with E-state index in [1.54, 1.807) is 0 Å². The molecular formula is C9H11ClF2N4O. The van der Waals surface area contributed by atoms with Gasteiger partial charge in [-0.15, -0.1) is 0 Å². The van der Waals surface area contributed by atoms with Crippen molar-refractivity contribution in [2.45, 2.75) is 6.43 Å². The molecule has 94 valence electrons. The summed E-state index contributed by atoms with van der Waals surface area (Å²) in [6.45, 7) is -0.683. The predicted molar refractivity (Wildman–Crippen MR) is 60.0 cm³/mol. The van der Waals surface area contributed by atoms with Gasteiger partial charge in [-0.3, -0.25) is 4.79 Å². The molecule has 1 aromatic heterocycles. The standard InChI is InChI=1S/C9H11ClF2N4O/c1-16(4-6(11)12)9(17)8-5(10)2-3-7(14-8)15-13/h2-3,6H,4,13H2,1H3,(H,14,15). The van der Waals surface area contributed by atoms with Crippen LogP contribution in [-0.4, -0.2) is 35.8 Å². The van der Waals surface area contributed by atoms with Crippen molar-refractivity contribution in [1.29, 1.82) is 0 Å². The first-order valence-corrected chi connectivity index (χ1v) is 5.00. The zero-order chi connectivity index (χ0) is 13.0. The highest BCUT2D eigenvalue weighted by Crippen LogP contribution is 2.18. The number of carbonyl (C=O) groups excluding carboxylic acids is 1. The van der Waals surface area contributed by atoms with Crippen LogP contribution < -0.4 is 11.3 Å². The van der Waals surface area contributed by atoms with E-state index in [0.717, 1.165) is 4.90 Å². The van der Waals surface area contributed by atoms with Crippen molar-refractivity contribution in [3.8, 4) is 0 Å². The van der Waals surface area contributed by atoms with Crippen molar-refractivity contribution in [1.82, 2.24) is 9.88 Å². The van der Waals surface area contributed by atoms with Gasteiger partial charge in [-0.2, -0.15) is 0 Å². The lowest BCUT2D eigenvalue weighted by molar-refractivity contribution is 0.0615. The Balaban J connectivity index is 2.94. The maximum atomic E-state index is 12.1. The van der Waals surface area contributed by atoms with Gasteiger partial charge in [0.15, 0.2) is 0 Å². The number of nitrogens with one attached hydrogen (secondary N) is 1. The third-order valence-electron chi connectivity index (χ3n) is 1.96. The third-order valence-corrected chi connectivity index (χ3v) is 2.26. The lowest BCUT2D eigenvalue weighted by Crippen LogP contribution is -2.32. The number of rotatable bonds is 4. The number of hydrogen-bond acceptors (Lipinski definition) is 4. The zero-order valence-corrected chi connectivity index (χ0v) is 9.71. The molecule has 1 aromatic rings. The summed E-state index contributed by atoms with van der Waals surface area (Å²) in [4.78, 5) is 16.4. The summed E-state index contributed by atoms with van der Waals surface area (Å²) < 4.78 is 24.3. The quantitative estimate of drug-likeness (QED) is 0.636. The average Bonchev–Trinajstić information content (AvgIpc) is 2.28. The van der Waals surface area contributed by atoms with Crippen LogP contribution in [0.2, 0.25) is 5.02 Å². The van der Waals surface area contributed by atoms with Crippen molar-refractivity contribution >= 4 is 23.3 Å². The molecule has 0 unspecified atom stereocenters. The molecule has 0 bridgehead atoms. The summed E-state index contributed by atoms with van der Waals surface area (Å²) in [7, 11) is 1.25. The van der Waals surface area contributed by atoms with E-state index in [1.807, 2.05) is 0 Å². The minimum Gasteiger partial charge on any atom is -0.335 e. The number of carbonyl (C=O) groups is 1. The highest BCUT2D eigenvalue weighted by atomic mass is 35.5. The van der Waals surface area contributed by atoms with Crippen LogP contribution in [0.3, 0.4) is 0 Å². The summed E-state index contributed by atoms with van der Waals surface area (Å²) in [6.07, 6.45) is -2.61. The summed E-state index contributed by atoms with van der Waals surface area (Å²) in [5.41, 5.74) is 2.12. The molecule has 0 saturated heterocycles. The van der Waals surface area contributed by atoms with Crippen molar-refractivity contribution < 1.29 is 13.6 Å². The number of pyridine rings is 1. The summed E-state index contributed by atoms with van der Waals surface area (Å²) >= 11 is 5.76. The second-order valence-corrected chi connectivity index (χ2v) is 3.66. The highest BCUT2D eigenvalue weighted by Gasteiger charge is 2.20. The van der Waals surface area contributed by atoms with E-state index < -0.39 is 18.9 Å². The Bertz CT molecular complexity index is 416. The number of anilines is 1. The number of nitrogens with two attached hydrogens (primary N) is 1. The molecular weight excluding hydrogens is 254 g/mol. The molecule has 0 atom stereocenters. The Morgan fingerprint density at radius 2 is 2.29 bits per heavy atom. The van der Waals surface area contributed by atoms with Gasteiger partial charge in [-0.1, -0.05) is 11.6 Å². The highest BCUT2D eigenvalue weighted by molar-refractivity contribution is 6.33. The topological polar surface area (TPSA) is 71.2 Å². The van der Waals surface area contributed by atoms with Gasteiger partial charge in [0.25, 0.3) is 12.3 Å². The first-order valence-electron chi connectivity index (χ1n) is 4.62. The van der Waals surface area contributed by atoms with E-state index in [0.29, 0.717) is 0 Å². The number of alkyl halides is 2. The summed E-state index contributed by atoms with van der Waals surface area (Å²) in [5.74, 6) is 4.66. The molecule has 5 nitrogen and oxygen atoms in total. The number of hydrogen-bond donors (Lipinski definition) is 2. The van der Waals surface area contributed by atoms with Gasteiger partial charge in [-0.25, -0.2) is 19.6 Å². The molecule has 0 spiro atoms. The Morgan fingerprint density at radius 1 is 1.65 bits per heavy atom. The maximum absolute atomic E-state index is 12.1. The number of nitrogens with zero attached hydrogens (tertiary/aromatic N) is 2. The molecule has 3 N–H and O–H groups in total. The molecule has 8 heteroatoms. The number of amides is 1. The molecule has 0 aliphatic rings. The van der Waals surface area contributed by atoms with Crippen LogP contribution in [0.4, 0.5) is 14.6 Å². The molecule has 0 aliphatic heterocycles. The van der Waals surface area contributed by atoms with Crippen LogP contribution in [0.25, 0.3) is 0 Å². The van der Waals surface area contributed by atoms with Gasteiger partial charge in [0.1, 0.15) is 11.5 Å². The van der Waals surface area contributed by atoms with Crippen LogP contribution in [0.5, 0.6) is 0 Å². The summed E-state index contributed by atoms with van der Waals surface area (Å²) in [5, 5.41) is 0.0788. The van der Waals surface area contributed by atoms with E-state index in [2.05, 4.69) is 10.4 Å². The van der Waals surface area contributed by atoms with Gasteiger partial charge in [0, 0.05) is 7.05 Å². The van der Waals surface area contributed by atoms with Gasteiger partial charge >= 0.3 is 0 Å². The van der Waals surface area contributed by atoms with Crippen molar-refractivity contribution in [3.05, 3.63) is 22.8 Å². The first-order chi connectivity index (χ1) is 7.95. The molecule has 1 amide bonds. The van der Waals surface area contributed by atoms with E-state index in [9.17, 15) is 13.6 Å². The molecule has 0 radical (unpaired) electrons. The lowest BCUT2D eigenvalue weighted by atomic mass is 10.3. The Morgan fingerprint density at radius 3 is 2.82 bits per heavy atom. The van der Waals surface area contributed by atoms with Crippen LogP contribution in [0.1, 0.15) is 10.5 Å². The van der Waals surface area contributed by atoms with Crippen LogP contribution in [0, 0.1) is 0 Å². The molecule has 1 heterocycles. The van der Waals surface area contributed by atoms with E-state index in [4.69, 9.17) is 17.4 Å². The average molecular weight is 265 g/mol. The number of nitrogen functional groups attached to an aromatic ring is 1. The van der Waals surface area contributed by atoms with Crippen LogP contribution >= 0.6 is 11.6 Å². The van der Waals surface area contributed by atoms with Gasteiger partial charge in [0.05, 0.1) is 11.6 Å². The van der Waals surface area contributed by atoms with Crippen LogP contribution in [0.15, 0.2) is 12.1 Å². The number of hydrazine groups is 1. The fourth-order valence-electron chi connectivity index (χ4n) is 1.14. The van der Waals surface area contributed by atoms with E-state index in [1.165, 1.54) is 19.2 Å². The predicted octanol–water partition coefficient (Wildman–Crippen LogP) is 1.36. The fraction of sp³-hybridized carbons (Fsp3) is 0.333.